The highest BCUT2D eigenvalue weighted by molar-refractivity contribution is 4.87. The van der Waals surface area contributed by atoms with Crippen LogP contribution in [0.3, 0.4) is 0 Å². The molecule has 0 aromatic carbocycles. The highest BCUT2D eigenvalue weighted by Gasteiger charge is 2.33. The van der Waals surface area contributed by atoms with E-state index >= 15 is 0 Å². The lowest BCUT2D eigenvalue weighted by Gasteiger charge is -2.41. The summed E-state index contributed by atoms with van der Waals surface area (Å²) in [6, 6.07) is 0.745. The van der Waals surface area contributed by atoms with E-state index in [0.29, 0.717) is 12.0 Å². The lowest BCUT2D eigenvalue weighted by Crippen LogP contribution is -2.50. The van der Waals surface area contributed by atoms with Gasteiger partial charge in [-0.2, -0.15) is 0 Å². The Kier molecular flexibility index (Phi) is 2.89. The average molecular weight is 183 g/mol. The van der Waals surface area contributed by atoms with Crippen molar-refractivity contribution in [3.05, 3.63) is 0 Å². The molecular formula is C11H21NO. The molecule has 2 heteroatoms. The number of fused-ring (bicyclic) bond motifs is 1. The Morgan fingerprint density at radius 2 is 2.23 bits per heavy atom. The maximum atomic E-state index is 5.87. The summed E-state index contributed by atoms with van der Waals surface area (Å²) in [7, 11) is 0. The first-order valence-electron chi connectivity index (χ1n) is 5.62. The van der Waals surface area contributed by atoms with E-state index in [9.17, 15) is 0 Å². The Morgan fingerprint density at radius 3 is 3.00 bits per heavy atom. The van der Waals surface area contributed by atoms with Gasteiger partial charge in [0, 0.05) is 6.04 Å². The molecule has 0 aliphatic carbocycles. The number of rotatable bonds is 1. The van der Waals surface area contributed by atoms with E-state index < -0.39 is 0 Å². The summed E-state index contributed by atoms with van der Waals surface area (Å²) in [6.45, 7) is 6.72. The third kappa shape index (κ3) is 2.05. The van der Waals surface area contributed by atoms with Gasteiger partial charge in [-0.25, -0.2) is 0 Å². The second-order valence-electron chi connectivity index (χ2n) is 4.81. The molecule has 3 atom stereocenters. The molecule has 0 saturated carbocycles. The van der Waals surface area contributed by atoms with Crippen LogP contribution in [0.2, 0.25) is 0 Å². The Morgan fingerprint density at radius 1 is 1.38 bits per heavy atom. The predicted octanol–water partition coefficient (Wildman–Crippen LogP) is 1.80. The van der Waals surface area contributed by atoms with Gasteiger partial charge in [-0.1, -0.05) is 13.8 Å². The van der Waals surface area contributed by atoms with Crippen LogP contribution in [0.25, 0.3) is 0 Å². The van der Waals surface area contributed by atoms with Gasteiger partial charge in [-0.3, -0.25) is 0 Å². The lowest BCUT2D eigenvalue weighted by atomic mass is 9.83. The van der Waals surface area contributed by atoms with Gasteiger partial charge in [0.05, 0.1) is 12.7 Å². The molecule has 1 N–H and O–H groups in total. The van der Waals surface area contributed by atoms with E-state index in [-0.39, 0.29) is 0 Å². The van der Waals surface area contributed by atoms with Crippen molar-refractivity contribution >= 4 is 0 Å². The van der Waals surface area contributed by atoms with Crippen LogP contribution in [-0.2, 0) is 4.74 Å². The number of hydrogen-bond donors (Lipinski definition) is 1. The van der Waals surface area contributed by atoms with E-state index in [1.54, 1.807) is 0 Å². The molecule has 0 spiro atoms. The molecule has 0 aromatic heterocycles. The third-order valence-electron chi connectivity index (χ3n) is 3.48. The summed E-state index contributed by atoms with van der Waals surface area (Å²) in [5, 5.41) is 3.63. The molecular weight excluding hydrogens is 162 g/mol. The van der Waals surface area contributed by atoms with Crippen LogP contribution in [0.1, 0.15) is 33.1 Å². The van der Waals surface area contributed by atoms with Crippen molar-refractivity contribution in [1.82, 2.24) is 5.32 Å². The molecule has 0 radical (unpaired) electrons. The van der Waals surface area contributed by atoms with Gasteiger partial charge in [0.25, 0.3) is 0 Å². The minimum absolute atomic E-state index is 0.492. The van der Waals surface area contributed by atoms with E-state index in [0.717, 1.165) is 18.6 Å². The highest BCUT2D eigenvalue weighted by Crippen LogP contribution is 2.28. The molecule has 0 amide bonds. The monoisotopic (exact) mass is 183 g/mol. The molecule has 2 nitrogen and oxygen atoms in total. The quantitative estimate of drug-likeness (QED) is 0.669. The first kappa shape index (κ1) is 9.47. The second kappa shape index (κ2) is 3.97. The van der Waals surface area contributed by atoms with Crippen molar-refractivity contribution in [3.63, 3.8) is 0 Å². The largest absolute Gasteiger partial charge is 0.378 e. The van der Waals surface area contributed by atoms with Crippen LogP contribution in [0, 0.1) is 11.8 Å². The van der Waals surface area contributed by atoms with Crippen molar-refractivity contribution in [2.45, 2.75) is 45.3 Å². The fourth-order valence-corrected chi connectivity index (χ4v) is 2.52. The van der Waals surface area contributed by atoms with Crippen LogP contribution >= 0.6 is 0 Å². The minimum Gasteiger partial charge on any atom is -0.378 e. The molecule has 0 aromatic rings. The molecule has 2 fully saturated rings. The minimum atomic E-state index is 0.492. The number of hydrogen-bond acceptors (Lipinski definition) is 2. The second-order valence-corrected chi connectivity index (χ2v) is 4.81. The standard InChI is InChI=1S/C11H21NO/c1-8(2)11-6-10-9(7-13-11)4-3-5-12-10/h8-12H,3-7H2,1-2H3. The summed E-state index contributed by atoms with van der Waals surface area (Å²) in [5.41, 5.74) is 0. The lowest BCUT2D eigenvalue weighted by molar-refractivity contribution is -0.0627. The van der Waals surface area contributed by atoms with E-state index in [1.165, 1.54) is 25.8 Å². The third-order valence-corrected chi connectivity index (χ3v) is 3.48. The fourth-order valence-electron chi connectivity index (χ4n) is 2.52. The first-order chi connectivity index (χ1) is 6.27. The van der Waals surface area contributed by atoms with Gasteiger partial charge >= 0.3 is 0 Å². The van der Waals surface area contributed by atoms with Crippen molar-refractivity contribution < 1.29 is 4.74 Å². The van der Waals surface area contributed by atoms with Crippen molar-refractivity contribution in [2.24, 2.45) is 11.8 Å². The Balaban J connectivity index is 1.91. The molecule has 2 aliphatic heterocycles. The van der Waals surface area contributed by atoms with Gasteiger partial charge < -0.3 is 10.1 Å². The number of nitrogens with one attached hydrogen (secondary N) is 1. The van der Waals surface area contributed by atoms with Crippen molar-refractivity contribution in [1.29, 1.82) is 0 Å². The van der Waals surface area contributed by atoms with Gasteiger partial charge in [-0.05, 0) is 37.6 Å². The van der Waals surface area contributed by atoms with E-state index in [4.69, 9.17) is 4.74 Å². The van der Waals surface area contributed by atoms with E-state index in [2.05, 4.69) is 19.2 Å². The number of ether oxygens (including phenoxy) is 1. The summed E-state index contributed by atoms with van der Waals surface area (Å²) in [6.07, 6.45) is 4.41. The predicted molar refractivity (Wildman–Crippen MR) is 53.7 cm³/mol. The Labute approximate surface area is 81.0 Å². The van der Waals surface area contributed by atoms with Crippen molar-refractivity contribution in [3.8, 4) is 0 Å². The molecule has 3 unspecified atom stereocenters. The van der Waals surface area contributed by atoms with Crippen molar-refractivity contribution in [2.75, 3.05) is 13.2 Å². The summed E-state index contributed by atoms with van der Waals surface area (Å²) >= 11 is 0. The topological polar surface area (TPSA) is 21.3 Å². The van der Waals surface area contributed by atoms with Gasteiger partial charge in [-0.15, -0.1) is 0 Å². The molecule has 2 rings (SSSR count). The molecule has 2 aliphatic rings. The normalized spacial score (nSPS) is 40.4. The van der Waals surface area contributed by atoms with Gasteiger partial charge in [0.1, 0.15) is 0 Å². The molecule has 2 heterocycles. The van der Waals surface area contributed by atoms with Gasteiger partial charge in [0.15, 0.2) is 0 Å². The molecule has 76 valence electrons. The zero-order valence-electron chi connectivity index (χ0n) is 8.75. The maximum absolute atomic E-state index is 5.87. The molecule has 0 bridgehead atoms. The van der Waals surface area contributed by atoms with Crippen LogP contribution in [0.5, 0.6) is 0 Å². The zero-order valence-corrected chi connectivity index (χ0v) is 8.75. The molecule has 2 saturated heterocycles. The fraction of sp³-hybridized carbons (Fsp3) is 1.00. The summed E-state index contributed by atoms with van der Waals surface area (Å²) < 4.78 is 5.87. The van der Waals surface area contributed by atoms with Crippen LogP contribution < -0.4 is 5.32 Å². The molecule has 13 heavy (non-hydrogen) atoms. The number of piperidine rings is 1. The summed E-state index contributed by atoms with van der Waals surface area (Å²) in [5.74, 6) is 1.47. The van der Waals surface area contributed by atoms with E-state index in [1.807, 2.05) is 0 Å². The Hall–Kier alpha value is -0.0800. The van der Waals surface area contributed by atoms with Crippen LogP contribution in [0.4, 0.5) is 0 Å². The first-order valence-corrected chi connectivity index (χ1v) is 5.62. The zero-order chi connectivity index (χ0) is 9.26. The smallest absolute Gasteiger partial charge is 0.0613 e. The Bertz CT molecular complexity index is 169. The van der Waals surface area contributed by atoms with Gasteiger partial charge in [0.2, 0.25) is 0 Å². The SMILES string of the molecule is CC(C)C1CC2NCCCC2CO1. The maximum Gasteiger partial charge on any atom is 0.0613 e. The highest BCUT2D eigenvalue weighted by atomic mass is 16.5. The van der Waals surface area contributed by atoms with Crippen LogP contribution in [-0.4, -0.2) is 25.3 Å². The van der Waals surface area contributed by atoms with Crippen LogP contribution in [0.15, 0.2) is 0 Å². The average Bonchev–Trinajstić information content (AvgIpc) is 2.17. The summed E-state index contributed by atoms with van der Waals surface area (Å²) in [4.78, 5) is 0.